The molecule has 1 amide bonds. The number of rotatable bonds is 6. The third kappa shape index (κ3) is 5.40. The number of anilines is 2. The van der Waals surface area contributed by atoms with Gasteiger partial charge in [-0.2, -0.15) is 5.26 Å². The summed E-state index contributed by atoms with van der Waals surface area (Å²) in [5, 5.41) is 11.1. The van der Waals surface area contributed by atoms with Crippen LogP contribution >= 0.6 is 11.3 Å². The molecule has 0 bridgehead atoms. The molecule has 0 spiro atoms. The third-order valence-electron chi connectivity index (χ3n) is 4.12. The fourth-order valence-electron chi connectivity index (χ4n) is 2.69. The van der Waals surface area contributed by atoms with Crippen molar-refractivity contribution in [2.24, 2.45) is 0 Å². The van der Waals surface area contributed by atoms with Crippen molar-refractivity contribution in [2.45, 2.75) is 20.5 Å². The summed E-state index contributed by atoms with van der Waals surface area (Å²) >= 11 is 1.31. The van der Waals surface area contributed by atoms with Crippen molar-refractivity contribution in [2.75, 3.05) is 4.90 Å². The molecule has 0 unspecified atom stereocenters. The van der Waals surface area contributed by atoms with E-state index in [9.17, 15) is 9.59 Å². The van der Waals surface area contributed by atoms with Gasteiger partial charge in [0.2, 0.25) is 5.91 Å². The van der Waals surface area contributed by atoms with Crippen LogP contribution in [-0.4, -0.2) is 16.9 Å². The maximum Gasteiger partial charge on any atom is 0.331 e. The van der Waals surface area contributed by atoms with E-state index in [4.69, 9.17) is 10.00 Å². The molecule has 150 valence electrons. The van der Waals surface area contributed by atoms with Crippen molar-refractivity contribution in [3.8, 4) is 6.07 Å². The summed E-state index contributed by atoms with van der Waals surface area (Å²) in [5.41, 5.74) is 3.69. The molecule has 3 rings (SSSR count). The Kier molecular flexibility index (Phi) is 6.73. The monoisotopic (exact) mass is 417 g/mol. The Hall–Kier alpha value is -3.76. The first-order chi connectivity index (χ1) is 14.5. The maximum absolute atomic E-state index is 12.2. The highest BCUT2D eigenvalue weighted by Gasteiger charge is 2.18. The summed E-state index contributed by atoms with van der Waals surface area (Å²) in [6.45, 7) is 3.45. The van der Waals surface area contributed by atoms with E-state index in [0.717, 1.165) is 16.8 Å². The van der Waals surface area contributed by atoms with Gasteiger partial charge in [0.25, 0.3) is 0 Å². The van der Waals surface area contributed by atoms with Gasteiger partial charge in [0.05, 0.1) is 23.0 Å². The quantitative estimate of drug-likeness (QED) is 0.426. The van der Waals surface area contributed by atoms with Gasteiger partial charge in [-0.25, -0.2) is 9.78 Å². The fourth-order valence-corrected chi connectivity index (χ4v) is 3.56. The van der Waals surface area contributed by atoms with Crippen molar-refractivity contribution in [1.29, 1.82) is 5.26 Å². The van der Waals surface area contributed by atoms with Crippen LogP contribution in [-0.2, 0) is 20.9 Å². The summed E-state index contributed by atoms with van der Waals surface area (Å²) in [4.78, 5) is 30.1. The Balaban J connectivity index is 1.63. The van der Waals surface area contributed by atoms with Gasteiger partial charge in [-0.1, -0.05) is 24.3 Å². The van der Waals surface area contributed by atoms with Gasteiger partial charge in [-0.05, 0) is 48.4 Å². The number of esters is 1. The highest BCUT2D eigenvalue weighted by atomic mass is 32.1. The van der Waals surface area contributed by atoms with E-state index >= 15 is 0 Å². The Morgan fingerprint density at radius 2 is 2.00 bits per heavy atom. The molecule has 0 aliphatic rings. The van der Waals surface area contributed by atoms with Crippen LogP contribution in [0.4, 0.5) is 10.8 Å². The van der Waals surface area contributed by atoms with E-state index in [2.05, 4.69) is 4.98 Å². The van der Waals surface area contributed by atoms with Crippen molar-refractivity contribution >= 4 is 40.1 Å². The molecule has 0 saturated carbocycles. The second-order valence-corrected chi connectivity index (χ2v) is 7.33. The number of carbonyl (C=O) groups is 2. The summed E-state index contributed by atoms with van der Waals surface area (Å²) in [5.74, 6) is -0.653. The number of nitriles is 1. The molecule has 0 atom stereocenters. The number of aryl methyl sites for hydroxylation is 1. The van der Waals surface area contributed by atoms with Crippen molar-refractivity contribution < 1.29 is 14.3 Å². The molecule has 7 heteroatoms. The first-order valence-electron chi connectivity index (χ1n) is 9.13. The number of benzene rings is 2. The van der Waals surface area contributed by atoms with Crippen LogP contribution < -0.4 is 4.90 Å². The summed E-state index contributed by atoms with van der Waals surface area (Å²) < 4.78 is 5.24. The zero-order valence-electron chi connectivity index (χ0n) is 16.5. The van der Waals surface area contributed by atoms with Gasteiger partial charge >= 0.3 is 5.97 Å². The lowest BCUT2D eigenvalue weighted by Crippen LogP contribution is -2.22. The molecular formula is C23H19N3O3S. The Bertz CT molecular complexity index is 1130. The minimum atomic E-state index is -0.504. The van der Waals surface area contributed by atoms with Crippen LogP contribution in [0.15, 0.2) is 60.0 Å². The van der Waals surface area contributed by atoms with Gasteiger partial charge in [0.1, 0.15) is 6.61 Å². The largest absolute Gasteiger partial charge is 0.456 e. The molecule has 0 fully saturated rings. The number of nitrogens with zero attached hydrogens (tertiary/aromatic N) is 3. The smallest absolute Gasteiger partial charge is 0.331 e. The highest BCUT2D eigenvalue weighted by Crippen LogP contribution is 2.29. The van der Waals surface area contributed by atoms with E-state index in [1.807, 2.05) is 37.3 Å². The molecule has 0 radical (unpaired) electrons. The molecule has 6 nitrogen and oxygen atoms in total. The van der Waals surface area contributed by atoms with E-state index < -0.39 is 5.97 Å². The van der Waals surface area contributed by atoms with Gasteiger partial charge in [-0.3, -0.25) is 9.69 Å². The molecule has 2 aromatic carbocycles. The molecule has 3 aromatic rings. The van der Waals surface area contributed by atoms with Crippen LogP contribution in [0.5, 0.6) is 0 Å². The van der Waals surface area contributed by atoms with Gasteiger partial charge in [-0.15, -0.1) is 11.3 Å². The highest BCUT2D eigenvalue weighted by molar-refractivity contribution is 7.14. The van der Waals surface area contributed by atoms with Crippen molar-refractivity contribution in [3.05, 3.63) is 82.4 Å². The molecule has 0 aliphatic heterocycles. The Morgan fingerprint density at radius 3 is 2.67 bits per heavy atom. The SMILES string of the molecule is CC(=O)N(c1cccc(C)c1)c1nc(COC(=O)/C=C/c2ccc(C#N)cc2)cs1. The molecule has 1 aromatic heterocycles. The first-order valence-corrected chi connectivity index (χ1v) is 10.0. The number of hydrogen-bond donors (Lipinski definition) is 0. The van der Waals surface area contributed by atoms with Crippen LogP contribution in [0.3, 0.4) is 0 Å². The number of hydrogen-bond acceptors (Lipinski definition) is 6. The molecule has 1 heterocycles. The van der Waals surface area contributed by atoms with E-state index in [-0.39, 0.29) is 12.5 Å². The lowest BCUT2D eigenvalue weighted by molar-refractivity contribution is -0.139. The molecule has 0 aliphatic carbocycles. The lowest BCUT2D eigenvalue weighted by atomic mass is 10.1. The van der Waals surface area contributed by atoms with Crippen LogP contribution in [0.1, 0.15) is 29.3 Å². The number of carbonyl (C=O) groups excluding carboxylic acids is 2. The topological polar surface area (TPSA) is 83.3 Å². The van der Waals surface area contributed by atoms with E-state index in [1.54, 1.807) is 35.7 Å². The zero-order valence-corrected chi connectivity index (χ0v) is 17.3. The van der Waals surface area contributed by atoms with E-state index in [0.29, 0.717) is 16.4 Å². The standard InChI is InChI=1S/C23H19N3O3S/c1-16-4-3-5-21(12-16)26(17(2)27)23-25-20(15-30-23)14-29-22(28)11-10-18-6-8-19(13-24)9-7-18/h3-12,15H,14H2,1-2H3/b11-10+. The Morgan fingerprint density at radius 1 is 1.23 bits per heavy atom. The average molecular weight is 417 g/mol. The molecule has 30 heavy (non-hydrogen) atoms. The average Bonchev–Trinajstić information content (AvgIpc) is 3.19. The Labute approximate surface area is 178 Å². The minimum absolute atomic E-state index is 0.00655. The lowest BCUT2D eigenvalue weighted by Gasteiger charge is -2.18. The second-order valence-electron chi connectivity index (χ2n) is 6.49. The van der Waals surface area contributed by atoms with Gasteiger partial charge < -0.3 is 4.74 Å². The number of amides is 1. The third-order valence-corrected chi connectivity index (χ3v) is 4.99. The summed E-state index contributed by atoms with van der Waals surface area (Å²) in [6, 6.07) is 16.5. The molecular weight excluding hydrogens is 398 g/mol. The van der Waals surface area contributed by atoms with Gasteiger partial charge in [0.15, 0.2) is 5.13 Å². The predicted molar refractivity (Wildman–Crippen MR) is 116 cm³/mol. The maximum atomic E-state index is 12.2. The van der Waals surface area contributed by atoms with Crippen LogP contribution in [0.25, 0.3) is 6.08 Å². The van der Waals surface area contributed by atoms with Crippen LogP contribution in [0.2, 0.25) is 0 Å². The number of thiazole rings is 1. The van der Waals surface area contributed by atoms with Crippen molar-refractivity contribution in [3.63, 3.8) is 0 Å². The fraction of sp³-hybridized carbons (Fsp3) is 0.130. The molecule has 0 N–H and O–H groups in total. The minimum Gasteiger partial charge on any atom is -0.456 e. The predicted octanol–water partition coefficient (Wildman–Crippen LogP) is 4.76. The molecule has 0 saturated heterocycles. The second kappa shape index (κ2) is 9.63. The summed E-state index contributed by atoms with van der Waals surface area (Å²) in [7, 11) is 0. The number of aromatic nitrogens is 1. The number of ether oxygens (including phenoxy) is 1. The summed E-state index contributed by atoms with van der Waals surface area (Å²) in [6.07, 6.45) is 2.94. The van der Waals surface area contributed by atoms with Crippen molar-refractivity contribution in [1.82, 2.24) is 4.98 Å². The normalized spacial score (nSPS) is 10.6. The van der Waals surface area contributed by atoms with Gasteiger partial charge in [0, 0.05) is 18.4 Å². The zero-order chi connectivity index (χ0) is 21.5. The van der Waals surface area contributed by atoms with E-state index in [1.165, 1.54) is 29.2 Å². The first kappa shape index (κ1) is 21.0. The van der Waals surface area contributed by atoms with Crippen LogP contribution in [0, 0.1) is 18.3 Å².